The first-order valence-electron chi connectivity index (χ1n) is 6.92. The van der Waals surface area contributed by atoms with Crippen molar-refractivity contribution in [2.45, 2.75) is 33.2 Å². The lowest BCUT2D eigenvalue weighted by Gasteiger charge is -2.25. The van der Waals surface area contributed by atoms with E-state index >= 15 is 0 Å². The Balaban J connectivity index is 2.88. The summed E-state index contributed by atoms with van der Waals surface area (Å²) in [6.45, 7) is 5.68. The third-order valence-electron chi connectivity index (χ3n) is 3.01. The average Bonchev–Trinajstić information content (AvgIpc) is 2.40. The Labute approximate surface area is 123 Å². The molecule has 5 nitrogen and oxygen atoms in total. The van der Waals surface area contributed by atoms with E-state index in [2.05, 4.69) is 5.32 Å². The maximum Gasteiger partial charge on any atom is 0.326 e. The summed E-state index contributed by atoms with van der Waals surface area (Å²) in [7, 11) is 0. The van der Waals surface area contributed by atoms with Gasteiger partial charge in [-0.15, -0.1) is 0 Å². The molecule has 1 rings (SSSR count). The van der Waals surface area contributed by atoms with Crippen LogP contribution in [0.2, 0.25) is 0 Å². The maximum absolute atomic E-state index is 13.8. The van der Waals surface area contributed by atoms with Gasteiger partial charge in [0.15, 0.2) is 0 Å². The van der Waals surface area contributed by atoms with Crippen molar-refractivity contribution in [3.05, 3.63) is 30.1 Å². The van der Waals surface area contributed by atoms with E-state index in [4.69, 9.17) is 5.11 Å². The first-order chi connectivity index (χ1) is 9.86. The standard InChI is InChI=1S/C15H21FN2O3/c1-4-18(13-8-6-5-7-11(13)16)15(21)17-12(14(19)20)9-10(2)3/h5-8,10,12H,4,9H2,1-3H3,(H,17,21)(H,19,20)/t12-/m0/s1. The molecule has 2 N–H and O–H groups in total. The van der Waals surface area contributed by atoms with Crippen LogP contribution in [0.3, 0.4) is 0 Å². The SMILES string of the molecule is CCN(C(=O)N[C@@H](CC(C)C)C(=O)O)c1ccccc1F. The van der Waals surface area contributed by atoms with Gasteiger partial charge in [-0.1, -0.05) is 26.0 Å². The minimum Gasteiger partial charge on any atom is -0.480 e. The Morgan fingerprint density at radius 2 is 1.95 bits per heavy atom. The molecule has 0 radical (unpaired) electrons. The largest absolute Gasteiger partial charge is 0.480 e. The zero-order valence-electron chi connectivity index (χ0n) is 12.5. The number of anilines is 1. The van der Waals surface area contributed by atoms with Crippen LogP contribution in [0.4, 0.5) is 14.9 Å². The van der Waals surface area contributed by atoms with E-state index in [0.29, 0.717) is 6.42 Å². The summed E-state index contributed by atoms with van der Waals surface area (Å²) in [6, 6.07) is 4.29. The first kappa shape index (κ1) is 16.9. The highest BCUT2D eigenvalue weighted by Crippen LogP contribution is 2.18. The molecule has 0 saturated heterocycles. The normalized spacial score (nSPS) is 12.0. The number of carboxylic acid groups (broad SMARTS) is 1. The zero-order valence-corrected chi connectivity index (χ0v) is 12.5. The fourth-order valence-corrected chi connectivity index (χ4v) is 2.01. The second-order valence-corrected chi connectivity index (χ2v) is 5.17. The van der Waals surface area contributed by atoms with Crippen molar-refractivity contribution in [3.63, 3.8) is 0 Å². The first-order valence-corrected chi connectivity index (χ1v) is 6.92. The lowest BCUT2D eigenvalue weighted by molar-refractivity contribution is -0.139. The number of para-hydroxylation sites is 1. The summed E-state index contributed by atoms with van der Waals surface area (Å²) in [4.78, 5) is 24.6. The molecule has 1 atom stereocenters. The number of amides is 2. The number of halogens is 1. The summed E-state index contributed by atoms with van der Waals surface area (Å²) in [5, 5.41) is 11.6. The Bertz CT molecular complexity index is 505. The molecular formula is C15H21FN2O3. The number of carboxylic acids is 1. The van der Waals surface area contributed by atoms with Crippen LogP contribution in [0.5, 0.6) is 0 Å². The molecule has 1 aromatic rings. The molecule has 0 fully saturated rings. The van der Waals surface area contributed by atoms with Crippen molar-refractivity contribution in [2.75, 3.05) is 11.4 Å². The van der Waals surface area contributed by atoms with Gasteiger partial charge in [0, 0.05) is 6.54 Å². The molecule has 21 heavy (non-hydrogen) atoms. The Morgan fingerprint density at radius 3 is 2.43 bits per heavy atom. The van der Waals surface area contributed by atoms with Crippen LogP contribution in [-0.4, -0.2) is 29.7 Å². The summed E-state index contributed by atoms with van der Waals surface area (Å²) >= 11 is 0. The molecule has 116 valence electrons. The molecule has 2 amide bonds. The van der Waals surface area contributed by atoms with Crippen molar-refractivity contribution in [1.29, 1.82) is 0 Å². The minimum atomic E-state index is -1.10. The molecule has 0 saturated carbocycles. The highest BCUT2D eigenvalue weighted by atomic mass is 19.1. The third kappa shape index (κ3) is 4.73. The number of urea groups is 1. The number of rotatable bonds is 6. The number of benzene rings is 1. The molecule has 0 unspecified atom stereocenters. The van der Waals surface area contributed by atoms with Gasteiger partial charge in [0.25, 0.3) is 0 Å². The van der Waals surface area contributed by atoms with E-state index in [1.54, 1.807) is 13.0 Å². The highest BCUT2D eigenvalue weighted by Gasteiger charge is 2.25. The van der Waals surface area contributed by atoms with Crippen molar-refractivity contribution in [2.24, 2.45) is 5.92 Å². The molecule has 0 aliphatic carbocycles. The third-order valence-corrected chi connectivity index (χ3v) is 3.01. The zero-order chi connectivity index (χ0) is 16.0. The molecule has 0 aliphatic rings. The molecule has 0 aliphatic heterocycles. The van der Waals surface area contributed by atoms with E-state index < -0.39 is 23.9 Å². The van der Waals surface area contributed by atoms with Crippen LogP contribution in [0.1, 0.15) is 27.2 Å². The summed E-state index contributed by atoms with van der Waals surface area (Å²) in [5.41, 5.74) is 0.131. The topological polar surface area (TPSA) is 69.6 Å². The van der Waals surface area contributed by atoms with E-state index in [9.17, 15) is 14.0 Å². The lowest BCUT2D eigenvalue weighted by Crippen LogP contribution is -2.48. The maximum atomic E-state index is 13.8. The predicted molar refractivity (Wildman–Crippen MR) is 78.8 cm³/mol. The number of carbonyl (C=O) groups is 2. The van der Waals surface area contributed by atoms with Crippen LogP contribution in [0.15, 0.2) is 24.3 Å². The van der Waals surface area contributed by atoms with Crippen molar-refractivity contribution >= 4 is 17.7 Å². The van der Waals surface area contributed by atoms with Gasteiger partial charge < -0.3 is 10.4 Å². The Hall–Kier alpha value is -2.11. The summed E-state index contributed by atoms with van der Waals surface area (Å²) in [5.74, 6) is -1.50. The smallest absolute Gasteiger partial charge is 0.326 e. The van der Waals surface area contributed by atoms with Gasteiger partial charge in [-0.25, -0.2) is 14.0 Å². The van der Waals surface area contributed by atoms with E-state index in [1.807, 2.05) is 13.8 Å². The van der Waals surface area contributed by atoms with E-state index in [0.717, 1.165) is 0 Å². The van der Waals surface area contributed by atoms with Crippen LogP contribution >= 0.6 is 0 Å². The number of hydrogen-bond donors (Lipinski definition) is 2. The average molecular weight is 296 g/mol. The van der Waals surface area contributed by atoms with E-state index in [1.165, 1.54) is 23.1 Å². The number of aliphatic carboxylic acids is 1. The van der Waals surface area contributed by atoms with Gasteiger partial charge in [0.05, 0.1) is 5.69 Å². The van der Waals surface area contributed by atoms with Gasteiger partial charge in [0.2, 0.25) is 0 Å². The molecule has 0 heterocycles. The van der Waals surface area contributed by atoms with Crippen LogP contribution in [-0.2, 0) is 4.79 Å². The lowest BCUT2D eigenvalue weighted by atomic mass is 10.0. The van der Waals surface area contributed by atoms with Crippen LogP contribution < -0.4 is 10.2 Å². The molecule has 0 aromatic heterocycles. The quantitative estimate of drug-likeness (QED) is 0.848. The second-order valence-electron chi connectivity index (χ2n) is 5.17. The van der Waals surface area contributed by atoms with Crippen molar-refractivity contribution in [1.82, 2.24) is 5.32 Å². The van der Waals surface area contributed by atoms with Crippen LogP contribution in [0, 0.1) is 11.7 Å². The molecule has 0 spiro atoms. The van der Waals surface area contributed by atoms with Gasteiger partial charge in [-0.2, -0.15) is 0 Å². The van der Waals surface area contributed by atoms with Crippen molar-refractivity contribution in [3.8, 4) is 0 Å². The monoisotopic (exact) mass is 296 g/mol. The fourth-order valence-electron chi connectivity index (χ4n) is 2.01. The minimum absolute atomic E-state index is 0.120. The Kier molecular flexibility index (Phi) is 6.14. The van der Waals surface area contributed by atoms with Gasteiger partial charge in [0.1, 0.15) is 11.9 Å². The Morgan fingerprint density at radius 1 is 1.33 bits per heavy atom. The number of nitrogens with zero attached hydrogens (tertiary/aromatic N) is 1. The second kappa shape index (κ2) is 7.61. The summed E-state index contributed by atoms with van der Waals surface area (Å²) in [6.07, 6.45) is 0.315. The molecule has 6 heteroatoms. The molecule has 0 bridgehead atoms. The molecule has 1 aromatic carbocycles. The number of nitrogens with one attached hydrogen (secondary N) is 1. The van der Waals surface area contributed by atoms with Crippen molar-refractivity contribution < 1.29 is 19.1 Å². The highest BCUT2D eigenvalue weighted by molar-refractivity contribution is 5.94. The van der Waals surface area contributed by atoms with E-state index in [-0.39, 0.29) is 18.2 Å². The molecular weight excluding hydrogens is 275 g/mol. The van der Waals surface area contributed by atoms with Gasteiger partial charge in [-0.05, 0) is 31.4 Å². The van der Waals surface area contributed by atoms with Gasteiger partial charge in [-0.3, -0.25) is 4.90 Å². The number of carbonyl (C=O) groups excluding carboxylic acids is 1. The fraction of sp³-hybridized carbons (Fsp3) is 0.467. The predicted octanol–water partition coefficient (Wildman–Crippen LogP) is 2.86. The van der Waals surface area contributed by atoms with Gasteiger partial charge >= 0.3 is 12.0 Å². The summed E-state index contributed by atoms with van der Waals surface area (Å²) < 4.78 is 13.8. The number of hydrogen-bond acceptors (Lipinski definition) is 2. The van der Waals surface area contributed by atoms with Crippen LogP contribution in [0.25, 0.3) is 0 Å².